The minimum absolute atomic E-state index is 0.386. The van der Waals surface area contributed by atoms with Gasteiger partial charge in [0.1, 0.15) is 17.1 Å². The fraction of sp³-hybridized carbons (Fsp3) is 0.182. The van der Waals surface area contributed by atoms with Gasteiger partial charge >= 0.3 is 0 Å². The normalized spacial score (nSPS) is 11.4. The third kappa shape index (κ3) is 4.71. The molecule has 6 rings (SSSR count). The molecule has 7 nitrogen and oxygen atoms in total. The van der Waals surface area contributed by atoms with Crippen molar-refractivity contribution >= 4 is 44.4 Å². The number of aryl methyl sites for hydroxylation is 2. The number of imidazole rings is 1. The Balaban J connectivity index is 1.32. The van der Waals surface area contributed by atoms with Crippen LogP contribution in [-0.2, 0) is 19.4 Å². The summed E-state index contributed by atoms with van der Waals surface area (Å²) in [5, 5.41) is 2.96. The lowest BCUT2D eigenvalue weighted by atomic mass is 9.95. The lowest BCUT2D eigenvalue weighted by molar-refractivity contribution is 0.100. The quantitative estimate of drug-likeness (QED) is 0.222. The van der Waals surface area contributed by atoms with Crippen molar-refractivity contribution in [3.63, 3.8) is 0 Å². The number of ether oxygens (including phenoxy) is 1. The highest BCUT2D eigenvalue weighted by Crippen LogP contribution is 2.30. The fourth-order valence-corrected chi connectivity index (χ4v) is 5.61. The number of fused-ring (bicyclic) bond motifs is 4. The molecule has 0 fully saturated rings. The van der Waals surface area contributed by atoms with E-state index in [4.69, 9.17) is 21.2 Å². The number of hydrogen-bond acceptors (Lipinski definition) is 5. The van der Waals surface area contributed by atoms with Gasteiger partial charge in [0.2, 0.25) is 5.91 Å². The van der Waals surface area contributed by atoms with Gasteiger partial charge in [-0.05, 0) is 59.4 Å². The molecule has 0 radical (unpaired) electrons. The molecule has 0 atom stereocenters. The molecule has 4 aromatic carbocycles. The molecule has 0 unspecified atom stereocenters. The summed E-state index contributed by atoms with van der Waals surface area (Å²) in [7, 11) is 1.67. The second-order valence-corrected chi connectivity index (χ2v) is 10.1. The van der Waals surface area contributed by atoms with Gasteiger partial charge in [0.25, 0.3) is 0 Å². The van der Waals surface area contributed by atoms with Crippen LogP contribution in [0.3, 0.4) is 0 Å². The first-order valence-electron chi connectivity index (χ1n) is 13.5. The van der Waals surface area contributed by atoms with E-state index in [1.54, 1.807) is 7.11 Å². The Bertz CT molecular complexity index is 1860. The maximum absolute atomic E-state index is 12.4. The number of anilines is 1. The number of primary amides is 1. The van der Waals surface area contributed by atoms with Crippen molar-refractivity contribution in [2.45, 2.75) is 32.2 Å². The lowest BCUT2D eigenvalue weighted by Crippen LogP contribution is -2.14. The summed E-state index contributed by atoms with van der Waals surface area (Å²) in [6.45, 7) is 0.759. The van der Waals surface area contributed by atoms with Crippen molar-refractivity contribution in [1.29, 1.82) is 0 Å². The summed E-state index contributed by atoms with van der Waals surface area (Å²) in [5.41, 5.74) is 17.6. The zero-order chi connectivity index (χ0) is 27.6. The summed E-state index contributed by atoms with van der Waals surface area (Å²) < 4.78 is 7.62. The number of para-hydroxylation sites is 1. The predicted octanol–water partition coefficient (Wildman–Crippen LogP) is 6.04. The van der Waals surface area contributed by atoms with Gasteiger partial charge < -0.3 is 20.8 Å². The molecule has 7 heteroatoms. The molecule has 0 aliphatic rings. The Morgan fingerprint density at radius 2 is 1.62 bits per heavy atom. The van der Waals surface area contributed by atoms with Crippen molar-refractivity contribution < 1.29 is 9.53 Å². The van der Waals surface area contributed by atoms with E-state index >= 15 is 0 Å². The van der Waals surface area contributed by atoms with E-state index in [9.17, 15) is 4.79 Å². The highest BCUT2D eigenvalue weighted by molar-refractivity contribution is 6.08. The Morgan fingerprint density at radius 3 is 2.40 bits per heavy atom. The highest BCUT2D eigenvalue weighted by Gasteiger charge is 2.18. The summed E-state index contributed by atoms with van der Waals surface area (Å²) in [6.07, 6.45) is 3.19. The minimum Gasteiger partial charge on any atom is -0.497 e. The number of nitrogen functional groups attached to an aromatic ring is 1. The van der Waals surface area contributed by atoms with E-state index in [-0.39, 0.29) is 5.91 Å². The van der Waals surface area contributed by atoms with Crippen molar-refractivity contribution in [3.8, 4) is 5.75 Å². The van der Waals surface area contributed by atoms with Gasteiger partial charge in [0.05, 0.1) is 23.7 Å². The second-order valence-electron chi connectivity index (χ2n) is 10.1. The number of rotatable bonds is 9. The van der Waals surface area contributed by atoms with Crippen LogP contribution in [0.4, 0.5) is 5.82 Å². The van der Waals surface area contributed by atoms with Crippen LogP contribution in [0.25, 0.3) is 32.7 Å². The molecular weight excluding hydrogens is 498 g/mol. The van der Waals surface area contributed by atoms with E-state index in [0.29, 0.717) is 17.8 Å². The zero-order valence-corrected chi connectivity index (χ0v) is 22.4. The Labute approximate surface area is 232 Å². The maximum atomic E-state index is 12.4. The minimum atomic E-state index is -0.386. The molecule has 2 aromatic heterocycles. The summed E-state index contributed by atoms with van der Waals surface area (Å²) in [4.78, 5) is 22.0. The molecule has 0 spiro atoms. The molecule has 0 saturated heterocycles. The van der Waals surface area contributed by atoms with Gasteiger partial charge in [-0.2, -0.15) is 0 Å². The largest absolute Gasteiger partial charge is 0.497 e. The molecule has 6 aromatic rings. The molecule has 1 amide bonds. The number of nitrogens with zero attached hydrogens (tertiary/aromatic N) is 3. The van der Waals surface area contributed by atoms with E-state index in [2.05, 4.69) is 33.8 Å². The van der Waals surface area contributed by atoms with Gasteiger partial charge in [0, 0.05) is 18.4 Å². The third-order valence-corrected chi connectivity index (χ3v) is 7.55. The first-order valence-corrected chi connectivity index (χ1v) is 13.5. The molecular formula is C33H31N5O2. The second kappa shape index (κ2) is 10.7. The number of aromatic nitrogens is 3. The van der Waals surface area contributed by atoms with Crippen molar-refractivity contribution in [3.05, 3.63) is 107 Å². The maximum Gasteiger partial charge on any atom is 0.249 e. The number of carbonyl (C=O) groups is 1. The molecule has 0 saturated carbocycles. The SMILES string of the molecule is COc1ccc(Cc2nc3c(N)nc4ccccc4c3n2CCCCc2ccc3ccccc3c2C(N)=O)cc1. The number of amides is 1. The van der Waals surface area contributed by atoms with Crippen LogP contribution in [0.1, 0.15) is 40.2 Å². The lowest BCUT2D eigenvalue weighted by Gasteiger charge is -2.13. The van der Waals surface area contributed by atoms with Crippen molar-refractivity contribution in [2.24, 2.45) is 5.73 Å². The van der Waals surface area contributed by atoms with Gasteiger partial charge in [-0.3, -0.25) is 4.79 Å². The van der Waals surface area contributed by atoms with E-state index in [0.717, 1.165) is 81.2 Å². The number of methoxy groups -OCH3 is 1. The number of pyridine rings is 1. The molecule has 200 valence electrons. The summed E-state index contributed by atoms with van der Waals surface area (Å²) >= 11 is 0. The standard InChI is InChI=1S/C33H31N5O2/c1-40-24-17-13-21(14-18-24)20-28-37-30-31(26-11-4-5-12-27(26)36-32(30)34)38(28)19-7-6-9-23-16-15-22-8-2-3-10-25(22)29(23)33(35)39/h2-5,8,10-18H,6-7,9,19-20H2,1H3,(H2,34,36)(H2,35,39). The average molecular weight is 530 g/mol. The first kappa shape index (κ1) is 25.4. The van der Waals surface area contributed by atoms with Crippen LogP contribution >= 0.6 is 0 Å². The van der Waals surface area contributed by atoms with E-state index < -0.39 is 0 Å². The number of benzene rings is 4. The predicted molar refractivity (Wildman–Crippen MR) is 161 cm³/mol. The number of nitrogens with two attached hydrogens (primary N) is 2. The smallest absolute Gasteiger partial charge is 0.249 e. The number of hydrogen-bond donors (Lipinski definition) is 2. The van der Waals surface area contributed by atoms with Crippen LogP contribution in [-0.4, -0.2) is 27.6 Å². The summed E-state index contributed by atoms with van der Waals surface area (Å²) in [6, 6.07) is 28.1. The van der Waals surface area contributed by atoms with Crippen molar-refractivity contribution in [2.75, 3.05) is 12.8 Å². The van der Waals surface area contributed by atoms with Gasteiger partial charge in [-0.15, -0.1) is 0 Å². The van der Waals surface area contributed by atoms with Crippen LogP contribution in [0.15, 0.2) is 84.9 Å². The van der Waals surface area contributed by atoms with Crippen LogP contribution < -0.4 is 16.2 Å². The fourth-order valence-electron chi connectivity index (χ4n) is 5.61. The summed E-state index contributed by atoms with van der Waals surface area (Å²) in [5.74, 6) is 1.81. The Hall–Kier alpha value is -4.91. The van der Waals surface area contributed by atoms with E-state index in [1.807, 2.05) is 60.7 Å². The van der Waals surface area contributed by atoms with Gasteiger partial charge in [-0.25, -0.2) is 9.97 Å². The molecule has 2 heterocycles. The molecule has 0 aliphatic carbocycles. The molecule has 4 N–H and O–H groups in total. The average Bonchev–Trinajstić information content (AvgIpc) is 3.34. The topological polar surface area (TPSA) is 109 Å². The monoisotopic (exact) mass is 529 g/mol. The highest BCUT2D eigenvalue weighted by atomic mass is 16.5. The molecule has 0 aliphatic heterocycles. The number of unbranched alkanes of at least 4 members (excludes halogenated alkanes) is 1. The number of carbonyl (C=O) groups excluding carboxylic acids is 1. The third-order valence-electron chi connectivity index (χ3n) is 7.55. The van der Waals surface area contributed by atoms with Crippen molar-refractivity contribution in [1.82, 2.24) is 14.5 Å². The first-order chi connectivity index (χ1) is 19.5. The van der Waals surface area contributed by atoms with E-state index in [1.165, 1.54) is 0 Å². The molecule has 40 heavy (non-hydrogen) atoms. The zero-order valence-electron chi connectivity index (χ0n) is 22.4. The Kier molecular flexibility index (Phi) is 6.78. The van der Waals surface area contributed by atoms with Gasteiger partial charge in [0.15, 0.2) is 5.82 Å². The van der Waals surface area contributed by atoms with Crippen LogP contribution in [0.5, 0.6) is 5.75 Å². The molecule has 0 bridgehead atoms. The van der Waals surface area contributed by atoms with Crippen LogP contribution in [0, 0.1) is 0 Å². The Morgan fingerprint density at radius 1 is 0.875 bits per heavy atom. The van der Waals surface area contributed by atoms with Gasteiger partial charge in [-0.1, -0.05) is 66.7 Å². The van der Waals surface area contributed by atoms with Crippen LogP contribution in [0.2, 0.25) is 0 Å².